The Kier molecular flexibility index (Phi) is 11.9. The molecule has 0 spiro atoms. The Hall–Kier alpha value is -4.66. The van der Waals surface area contributed by atoms with Crippen molar-refractivity contribution in [2.75, 3.05) is 27.3 Å². The molecule has 3 aromatic heterocycles. The van der Waals surface area contributed by atoms with E-state index in [0.29, 0.717) is 43.8 Å². The van der Waals surface area contributed by atoms with Crippen LogP contribution >= 0.6 is 11.3 Å². The minimum absolute atomic E-state index is 0.0477. The van der Waals surface area contributed by atoms with Crippen molar-refractivity contribution in [1.29, 1.82) is 0 Å². The number of cyclic esters (lactones) is 1. The van der Waals surface area contributed by atoms with Crippen molar-refractivity contribution in [3.05, 3.63) is 58.2 Å². The number of methoxy groups -OCH3 is 1. The third-order valence-corrected chi connectivity index (χ3v) is 12.8. The summed E-state index contributed by atoms with van der Waals surface area (Å²) in [6, 6.07) is 8.72. The molecular formula is C43H55N7O6S. The molecule has 5 atom stereocenters. The van der Waals surface area contributed by atoms with Gasteiger partial charge in [0.05, 0.1) is 34.8 Å². The van der Waals surface area contributed by atoms with E-state index in [-0.39, 0.29) is 49.3 Å². The van der Waals surface area contributed by atoms with E-state index in [1.807, 2.05) is 25.3 Å². The van der Waals surface area contributed by atoms with Gasteiger partial charge in [-0.05, 0) is 75.8 Å². The van der Waals surface area contributed by atoms with Crippen LogP contribution in [0.3, 0.4) is 0 Å². The Morgan fingerprint density at radius 1 is 1.18 bits per heavy atom. The summed E-state index contributed by atoms with van der Waals surface area (Å²) >= 11 is 1.44. The molecule has 2 saturated heterocycles. The lowest BCUT2D eigenvalue weighted by Gasteiger charge is -2.37. The van der Waals surface area contributed by atoms with Gasteiger partial charge in [0, 0.05) is 91.1 Å². The maximum absolute atomic E-state index is 14.3. The minimum Gasteiger partial charge on any atom is -0.464 e. The molecule has 6 bridgehead atoms. The number of amides is 3. The number of benzene rings is 1. The number of likely N-dealkylation sites (tertiary alicyclic amines) is 1. The van der Waals surface area contributed by atoms with E-state index in [0.717, 1.165) is 51.1 Å². The number of hydrogen-bond donors (Lipinski definition) is 2. The molecule has 14 heteroatoms. The number of aryl methyl sites for hydroxylation is 1. The molecule has 3 aliphatic heterocycles. The van der Waals surface area contributed by atoms with E-state index in [2.05, 4.69) is 60.3 Å². The molecule has 1 aromatic carbocycles. The molecular weight excluding hydrogens is 743 g/mol. The monoisotopic (exact) mass is 797 g/mol. The summed E-state index contributed by atoms with van der Waals surface area (Å²) in [4.78, 5) is 66.3. The van der Waals surface area contributed by atoms with Crippen LogP contribution in [0.4, 0.5) is 0 Å². The van der Waals surface area contributed by atoms with Crippen LogP contribution in [0, 0.1) is 11.3 Å². The number of carbonyl (C=O) groups excluding carboxylic acids is 4. The minimum atomic E-state index is -0.968. The van der Waals surface area contributed by atoms with Gasteiger partial charge in [-0.1, -0.05) is 26.8 Å². The number of ether oxygens (including phenoxy) is 2. The zero-order valence-electron chi connectivity index (χ0n) is 34.1. The van der Waals surface area contributed by atoms with Crippen LogP contribution in [-0.2, 0) is 48.0 Å². The maximum Gasteiger partial charge on any atom is 0.324 e. The van der Waals surface area contributed by atoms with Gasteiger partial charge in [0.2, 0.25) is 11.8 Å². The molecule has 304 valence electrons. The van der Waals surface area contributed by atoms with Gasteiger partial charge >= 0.3 is 5.97 Å². The highest BCUT2D eigenvalue weighted by Crippen LogP contribution is 2.42. The number of nitrogens with one attached hydrogen (secondary N) is 2. The Labute approximate surface area is 338 Å². The van der Waals surface area contributed by atoms with E-state index in [4.69, 9.17) is 19.4 Å². The fourth-order valence-corrected chi connectivity index (χ4v) is 9.47. The predicted octanol–water partition coefficient (Wildman–Crippen LogP) is 5.85. The highest BCUT2D eigenvalue weighted by Gasteiger charge is 2.39. The summed E-state index contributed by atoms with van der Waals surface area (Å²) in [5.74, 6) is -1.74. The zero-order chi connectivity index (χ0) is 40.6. The third kappa shape index (κ3) is 8.22. The van der Waals surface area contributed by atoms with Crippen LogP contribution in [0.1, 0.15) is 89.1 Å². The van der Waals surface area contributed by atoms with Gasteiger partial charge in [-0.25, -0.2) is 10.4 Å². The lowest BCUT2D eigenvalue weighted by Crippen LogP contribution is -2.61. The van der Waals surface area contributed by atoms with Crippen molar-refractivity contribution in [3.63, 3.8) is 0 Å². The van der Waals surface area contributed by atoms with Gasteiger partial charge in [-0.15, -0.1) is 11.3 Å². The normalized spacial score (nSPS) is 23.6. The highest BCUT2D eigenvalue weighted by molar-refractivity contribution is 7.10. The molecule has 0 unspecified atom stereocenters. The Balaban J connectivity index is 1.31. The van der Waals surface area contributed by atoms with Crippen LogP contribution in [0.5, 0.6) is 0 Å². The second-order valence-corrected chi connectivity index (χ2v) is 17.4. The van der Waals surface area contributed by atoms with Crippen molar-refractivity contribution in [2.24, 2.45) is 11.3 Å². The molecule has 0 aliphatic carbocycles. The number of piperidine rings is 1. The zero-order valence-corrected chi connectivity index (χ0v) is 34.9. The van der Waals surface area contributed by atoms with E-state index >= 15 is 0 Å². The molecule has 0 saturated carbocycles. The summed E-state index contributed by atoms with van der Waals surface area (Å²) in [7, 11) is 3.47. The number of rotatable bonds is 7. The molecule has 6 heterocycles. The van der Waals surface area contributed by atoms with Crippen LogP contribution in [0.2, 0.25) is 0 Å². The second-order valence-electron chi connectivity index (χ2n) is 16.5. The number of hydrazine groups is 1. The van der Waals surface area contributed by atoms with E-state index in [1.165, 1.54) is 16.3 Å². The second kappa shape index (κ2) is 16.7. The Morgan fingerprint density at radius 3 is 2.74 bits per heavy atom. The average molecular weight is 798 g/mol. The summed E-state index contributed by atoms with van der Waals surface area (Å²) in [6.45, 7) is 11.6. The molecule has 7 rings (SSSR count). The quantitative estimate of drug-likeness (QED) is 0.220. The van der Waals surface area contributed by atoms with Gasteiger partial charge < -0.3 is 24.3 Å². The molecule has 3 aliphatic rings. The standard InChI is InChI=1S/C43H55N7O6S/c1-8-28-18-27(20-37(51)48(28)6)40(52)46-33-21-36-45-34(23-57-36)26-14-15-35-30(19-26)31(39(49(35)9-2)29-12-10-16-44-38(29)25(3)55-7)22-43(4,5)24-56-42(54)32-13-11-17-50(47-32)41(33)53/h10,12,14-16,19,23,25,27-28,32-33,47H,8-9,11,13,17-18,20-22,24H2,1-7H3,(H,46,52)/t25-,27-,28+,32-,33-/m0/s1. The van der Waals surface area contributed by atoms with Crippen molar-refractivity contribution < 1.29 is 28.7 Å². The smallest absolute Gasteiger partial charge is 0.324 e. The third-order valence-electron chi connectivity index (χ3n) is 11.9. The largest absolute Gasteiger partial charge is 0.464 e. The number of fused-ring (bicyclic) bond motifs is 6. The van der Waals surface area contributed by atoms with Crippen molar-refractivity contribution >= 4 is 45.9 Å². The summed E-state index contributed by atoms with van der Waals surface area (Å²) in [5, 5.41) is 8.23. The van der Waals surface area contributed by atoms with Gasteiger partial charge in [-0.3, -0.25) is 29.2 Å². The topological polar surface area (TPSA) is 148 Å². The lowest BCUT2D eigenvalue weighted by atomic mass is 9.84. The van der Waals surface area contributed by atoms with Gasteiger partial charge in [0.1, 0.15) is 12.1 Å². The molecule has 4 aromatic rings. The van der Waals surface area contributed by atoms with Crippen LogP contribution in [-0.4, -0.2) is 93.6 Å². The molecule has 0 radical (unpaired) electrons. The average Bonchev–Trinajstić information content (AvgIpc) is 3.81. The first-order valence-corrected chi connectivity index (χ1v) is 21.1. The first-order chi connectivity index (χ1) is 27.3. The number of pyridine rings is 1. The van der Waals surface area contributed by atoms with Gasteiger partial charge in [0.25, 0.3) is 5.91 Å². The number of thiazole rings is 1. The van der Waals surface area contributed by atoms with E-state index < -0.39 is 29.4 Å². The molecule has 3 amide bonds. The van der Waals surface area contributed by atoms with E-state index in [1.54, 1.807) is 25.3 Å². The van der Waals surface area contributed by atoms with E-state index in [9.17, 15) is 19.2 Å². The molecule has 13 nitrogen and oxygen atoms in total. The van der Waals surface area contributed by atoms with Crippen molar-refractivity contribution in [1.82, 2.24) is 35.2 Å². The molecule has 57 heavy (non-hydrogen) atoms. The van der Waals surface area contributed by atoms with Crippen LogP contribution < -0.4 is 10.7 Å². The van der Waals surface area contributed by atoms with Gasteiger partial charge in [-0.2, -0.15) is 0 Å². The van der Waals surface area contributed by atoms with Crippen LogP contribution in [0.25, 0.3) is 33.4 Å². The van der Waals surface area contributed by atoms with Gasteiger partial charge in [0.15, 0.2) is 0 Å². The van der Waals surface area contributed by atoms with Crippen molar-refractivity contribution in [2.45, 2.75) is 110 Å². The number of nitrogens with zero attached hydrogens (tertiary/aromatic N) is 5. The summed E-state index contributed by atoms with van der Waals surface area (Å²) in [5.41, 5.74) is 9.45. The number of aromatic nitrogens is 3. The van der Waals surface area contributed by atoms with Crippen molar-refractivity contribution in [3.8, 4) is 22.5 Å². The molecule has 2 fully saturated rings. The Morgan fingerprint density at radius 2 is 1.98 bits per heavy atom. The number of esters is 1. The Bertz CT molecular complexity index is 2160. The predicted molar refractivity (Wildman–Crippen MR) is 219 cm³/mol. The fourth-order valence-electron chi connectivity index (χ4n) is 8.62. The first kappa shape index (κ1) is 40.5. The highest BCUT2D eigenvalue weighted by atomic mass is 32.1. The number of carbonyl (C=O) groups is 4. The summed E-state index contributed by atoms with van der Waals surface area (Å²) in [6.07, 6.45) is 4.75. The SMILES string of the molecule is CC[C@@H]1C[C@H](C(=O)N[C@H]2Cc3nc(cs3)-c3ccc4c(c3)c(c(-c3cccnc3[C@H](C)OC)n4CC)CC(C)(C)COC(=O)[C@@H]3CCCN(N3)C2=O)CC(=O)N1C. The fraction of sp³-hybridized carbons (Fsp3) is 0.535. The van der Waals surface area contributed by atoms with Crippen LogP contribution in [0.15, 0.2) is 41.9 Å². The summed E-state index contributed by atoms with van der Waals surface area (Å²) < 4.78 is 14.2. The molecule has 2 N–H and O–H groups in total. The first-order valence-electron chi connectivity index (χ1n) is 20.2. The maximum atomic E-state index is 14.3. The lowest BCUT2D eigenvalue weighted by molar-refractivity contribution is -0.155. The number of hydrogen-bond acceptors (Lipinski definition) is 10.